The van der Waals surface area contributed by atoms with E-state index < -0.39 is 12.6 Å². The maximum Gasteiger partial charge on any atom is 0.317 e. The number of alkyl halides is 1. The number of H-pyrrole nitrogens is 1. The molecule has 3 amide bonds. The third kappa shape index (κ3) is 6.42. The molecule has 0 saturated heterocycles. The largest absolute Gasteiger partial charge is 0.380 e. The summed E-state index contributed by atoms with van der Waals surface area (Å²) in [4.78, 5) is 35.8. The summed E-state index contributed by atoms with van der Waals surface area (Å²) in [6, 6.07) is -0.196. The summed E-state index contributed by atoms with van der Waals surface area (Å²) in [6.45, 7) is 5.44. The first-order valence-corrected chi connectivity index (χ1v) is 9.92. The van der Waals surface area contributed by atoms with Crippen molar-refractivity contribution >= 4 is 17.5 Å². The summed E-state index contributed by atoms with van der Waals surface area (Å²) in [7, 11) is 3.33. The molecular weight excluding hydrogens is 405 g/mol. The number of nitroso groups, excluding NO2 is 1. The molecule has 31 heavy (non-hydrogen) atoms. The average molecular weight is 433 g/mol. The van der Waals surface area contributed by atoms with Crippen molar-refractivity contribution in [3.05, 3.63) is 52.2 Å². The number of amides is 3. The first kappa shape index (κ1) is 24.1. The Hall–Kier alpha value is -3.14. The number of aromatic nitrogens is 2. The first-order valence-electron chi connectivity index (χ1n) is 9.92. The number of nitrogens with zero attached hydrogens (tertiary/aromatic N) is 3. The number of urea groups is 1. The van der Waals surface area contributed by atoms with Gasteiger partial charge < -0.3 is 15.0 Å². The van der Waals surface area contributed by atoms with Crippen molar-refractivity contribution in [1.82, 2.24) is 20.4 Å². The van der Waals surface area contributed by atoms with Gasteiger partial charge in [-0.05, 0) is 37.5 Å². The van der Waals surface area contributed by atoms with E-state index in [4.69, 9.17) is 4.74 Å². The van der Waals surface area contributed by atoms with E-state index >= 15 is 0 Å². The molecule has 2 N–H and O–H groups in total. The van der Waals surface area contributed by atoms with E-state index in [1.165, 1.54) is 12.2 Å². The van der Waals surface area contributed by atoms with Crippen LogP contribution in [0.3, 0.4) is 0 Å². The summed E-state index contributed by atoms with van der Waals surface area (Å²) in [5.74, 6) is -1.05. The fourth-order valence-corrected chi connectivity index (χ4v) is 3.35. The number of aromatic amines is 1. The number of carbonyl (C=O) groups is 2. The van der Waals surface area contributed by atoms with Crippen molar-refractivity contribution in [2.24, 2.45) is 5.18 Å². The third-order valence-corrected chi connectivity index (χ3v) is 5.15. The molecule has 1 aromatic heterocycles. The molecule has 0 bridgehead atoms. The Morgan fingerprint density at radius 1 is 1.48 bits per heavy atom. The van der Waals surface area contributed by atoms with Crippen molar-refractivity contribution in [3.63, 3.8) is 0 Å². The zero-order valence-corrected chi connectivity index (χ0v) is 18.0. The van der Waals surface area contributed by atoms with Crippen molar-refractivity contribution in [1.29, 1.82) is 0 Å². The molecule has 0 aliphatic heterocycles. The van der Waals surface area contributed by atoms with Gasteiger partial charge in [0.2, 0.25) is 0 Å². The highest BCUT2D eigenvalue weighted by molar-refractivity contribution is 5.97. The minimum atomic E-state index is -1.05. The number of halogens is 1. The first-order chi connectivity index (χ1) is 14.8. The Bertz CT molecular complexity index is 892. The maximum atomic E-state index is 12.5. The van der Waals surface area contributed by atoms with Crippen LogP contribution in [0, 0.1) is 4.91 Å². The van der Waals surface area contributed by atoms with E-state index in [0.29, 0.717) is 30.7 Å². The lowest BCUT2D eigenvalue weighted by molar-refractivity contribution is -0.114. The van der Waals surface area contributed by atoms with Gasteiger partial charge >= 0.3 is 11.9 Å². The monoisotopic (exact) mass is 433 g/mol. The van der Waals surface area contributed by atoms with Gasteiger partial charge in [0, 0.05) is 55.2 Å². The number of methoxy groups -OCH3 is 1. The van der Waals surface area contributed by atoms with E-state index in [0.717, 1.165) is 23.8 Å². The minimum absolute atomic E-state index is 0.0345. The molecule has 1 aliphatic carbocycles. The van der Waals surface area contributed by atoms with Crippen LogP contribution in [0.15, 0.2) is 35.6 Å². The maximum absolute atomic E-state index is 12.5. The Morgan fingerprint density at radius 3 is 2.87 bits per heavy atom. The molecule has 1 aromatic rings. The molecule has 1 heterocycles. The lowest BCUT2D eigenvalue weighted by Crippen LogP contribution is -2.47. The zero-order valence-electron chi connectivity index (χ0n) is 18.0. The molecule has 9 nitrogen and oxygen atoms in total. The number of hydrogen-bond acceptors (Lipinski definition) is 5. The minimum Gasteiger partial charge on any atom is -0.380 e. The number of carbonyl (C=O) groups excluding carboxylic acids is 2. The Morgan fingerprint density at radius 2 is 2.23 bits per heavy atom. The lowest BCUT2D eigenvalue weighted by atomic mass is 9.90. The van der Waals surface area contributed by atoms with E-state index in [1.807, 2.05) is 6.92 Å². The highest BCUT2D eigenvalue weighted by atomic mass is 19.1. The predicted octanol–water partition coefficient (Wildman–Crippen LogP) is 2.70. The van der Waals surface area contributed by atoms with Gasteiger partial charge in [-0.25, -0.2) is 9.18 Å². The Kier molecular flexibility index (Phi) is 8.80. The van der Waals surface area contributed by atoms with E-state index in [2.05, 4.69) is 27.3 Å². The number of allylic oxidation sites excluding steroid dienone is 3. The molecule has 1 aliphatic rings. The molecule has 0 fully saturated rings. The van der Waals surface area contributed by atoms with Crippen LogP contribution in [-0.2, 0) is 22.4 Å². The normalized spacial score (nSPS) is 17.2. The van der Waals surface area contributed by atoms with Crippen LogP contribution < -0.4 is 5.32 Å². The second-order valence-corrected chi connectivity index (χ2v) is 7.41. The van der Waals surface area contributed by atoms with Crippen LogP contribution in [0.25, 0.3) is 5.57 Å². The molecular formula is C21H28FN5O4. The number of ether oxygens (including phenoxy) is 1. The topological polar surface area (TPSA) is 117 Å². The Labute approximate surface area is 180 Å². The van der Waals surface area contributed by atoms with Crippen molar-refractivity contribution in [2.45, 2.75) is 38.3 Å². The van der Waals surface area contributed by atoms with Crippen molar-refractivity contribution in [3.8, 4) is 0 Å². The summed E-state index contributed by atoms with van der Waals surface area (Å²) in [5.41, 5.74) is 2.89. The second-order valence-electron chi connectivity index (χ2n) is 7.41. The van der Waals surface area contributed by atoms with Crippen LogP contribution in [0.1, 0.15) is 30.3 Å². The summed E-state index contributed by atoms with van der Waals surface area (Å²) < 4.78 is 17.7. The number of hydrogen-bond donors (Lipinski definition) is 2. The zero-order chi connectivity index (χ0) is 23.0. The van der Waals surface area contributed by atoms with Gasteiger partial charge in [0.05, 0.1) is 11.8 Å². The molecule has 0 radical (unpaired) electrons. The smallest absolute Gasteiger partial charge is 0.317 e. The third-order valence-electron chi connectivity index (χ3n) is 5.15. The van der Waals surface area contributed by atoms with Crippen molar-refractivity contribution < 1.29 is 18.7 Å². The summed E-state index contributed by atoms with van der Waals surface area (Å²) in [6.07, 6.45) is 5.73. The van der Waals surface area contributed by atoms with Gasteiger partial charge in [0.1, 0.15) is 6.67 Å². The van der Waals surface area contributed by atoms with Gasteiger partial charge in [-0.1, -0.05) is 12.7 Å². The number of likely N-dealkylation sites (N-methyl/N-ethyl adjacent to an activating group) is 1. The highest BCUT2D eigenvalue weighted by Gasteiger charge is 2.26. The fraction of sp³-hybridized carbons (Fsp3) is 0.476. The summed E-state index contributed by atoms with van der Waals surface area (Å²) >= 11 is 0. The number of nitrogens with one attached hydrogen (secondary N) is 2. The van der Waals surface area contributed by atoms with Crippen molar-refractivity contribution in [2.75, 3.05) is 27.4 Å². The molecule has 10 heteroatoms. The molecule has 0 spiro atoms. The van der Waals surface area contributed by atoms with Crippen LogP contribution >= 0.6 is 0 Å². The van der Waals surface area contributed by atoms with Crippen LogP contribution in [0.4, 0.5) is 9.18 Å². The SMILES string of the molecule is C=C(/C=C\C(=C/CF)C(=O)N=O)c1n[nH]c2c1CCC(NC(=O)N(C)CC(C)OC)C2. The van der Waals surface area contributed by atoms with E-state index in [1.54, 1.807) is 19.1 Å². The van der Waals surface area contributed by atoms with Gasteiger partial charge in [0.15, 0.2) is 0 Å². The summed E-state index contributed by atoms with van der Waals surface area (Å²) in [5, 5.41) is 12.6. The standard InChI is InChI=1S/C21H28FN5O4/c1-13(5-6-15(9-10-22)20(28)26-30)19-17-8-7-16(11-18(17)24-25-19)23-21(29)27(3)12-14(2)31-4/h5-6,9,14,16H,1,7-8,10-12H2,2-4H3,(H,23,29)(H,24,25)/b6-5-,15-9+. The quantitative estimate of drug-likeness (QED) is 0.353. The number of rotatable bonds is 9. The van der Waals surface area contributed by atoms with Crippen LogP contribution in [0.5, 0.6) is 0 Å². The van der Waals surface area contributed by atoms with E-state index in [9.17, 15) is 18.9 Å². The lowest BCUT2D eigenvalue weighted by Gasteiger charge is -2.27. The Balaban J connectivity index is 2.03. The number of fused-ring (bicyclic) bond motifs is 1. The molecule has 2 atom stereocenters. The van der Waals surface area contributed by atoms with Crippen LogP contribution in [-0.4, -0.2) is 66.6 Å². The molecule has 0 aromatic carbocycles. The second kappa shape index (κ2) is 11.3. The van der Waals surface area contributed by atoms with E-state index in [-0.39, 0.29) is 23.8 Å². The van der Waals surface area contributed by atoms with Gasteiger partial charge in [-0.2, -0.15) is 5.10 Å². The predicted molar refractivity (Wildman–Crippen MR) is 115 cm³/mol. The highest BCUT2D eigenvalue weighted by Crippen LogP contribution is 2.27. The fourth-order valence-electron chi connectivity index (χ4n) is 3.35. The van der Waals surface area contributed by atoms with Gasteiger partial charge in [0.25, 0.3) is 0 Å². The molecule has 2 rings (SSSR count). The van der Waals surface area contributed by atoms with Gasteiger partial charge in [-0.15, -0.1) is 4.91 Å². The molecule has 0 saturated carbocycles. The van der Waals surface area contributed by atoms with Gasteiger partial charge in [-0.3, -0.25) is 9.89 Å². The van der Waals surface area contributed by atoms with Crippen LogP contribution in [0.2, 0.25) is 0 Å². The average Bonchev–Trinajstić information content (AvgIpc) is 3.18. The molecule has 168 valence electrons. The molecule has 2 unspecified atom stereocenters.